The van der Waals surface area contributed by atoms with E-state index in [4.69, 9.17) is 4.74 Å². The molecule has 2 saturated heterocycles. The van der Waals surface area contributed by atoms with E-state index in [1.165, 1.54) is 6.26 Å². The van der Waals surface area contributed by atoms with Gasteiger partial charge >= 0.3 is 0 Å². The molecule has 8 heteroatoms. The van der Waals surface area contributed by atoms with E-state index in [0.29, 0.717) is 26.3 Å². The van der Waals surface area contributed by atoms with Gasteiger partial charge in [-0.05, 0) is 12.8 Å². The predicted octanol–water partition coefficient (Wildman–Crippen LogP) is 0.355. The Morgan fingerprint density at radius 2 is 2.14 bits per heavy atom. The molecule has 7 nitrogen and oxygen atoms in total. The summed E-state index contributed by atoms with van der Waals surface area (Å²) in [5.41, 5.74) is -0.171. The van der Waals surface area contributed by atoms with Crippen LogP contribution in [0.3, 0.4) is 0 Å². The Hall–Kier alpha value is -1.25. The number of piperidine rings is 1. The van der Waals surface area contributed by atoms with Gasteiger partial charge in [-0.3, -0.25) is 4.98 Å². The van der Waals surface area contributed by atoms with Gasteiger partial charge < -0.3 is 9.64 Å². The first-order valence-electron chi connectivity index (χ1n) is 7.52. The van der Waals surface area contributed by atoms with Gasteiger partial charge in [0.2, 0.25) is 10.0 Å². The molecule has 3 heterocycles. The number of rotatable bonds is 2. The maximum absolute atomic E-state index is 11.9. The van der Waals surface area contributed by atoms with Crippen LogP contribution in [-0.4, -0.2) is 68.3 Å². The van der Waals surface area contributed by atoms with Crippen molar-refractivity contribution in [1.82, 2.24) is 14.3 Å². The second-order valence-electron chi connectivity index (χ2n) is 6.24. The van der Waals surface area contributed by atoms with Gasteiger partial charge in [0.15, 0.2) is 0 Å². The Balaban J connectivity index is 1.82. The van der Waals surface area contributed by atoms with Crippen molar-refractivity contribution in [2.75, 3.05) is 50.5 Å². The number of aromatic nitrogens is 2. The van der Waals surface area contributed by atoms with Crippen LogP contribution in [0.4, 0.5) is 5.82 Å². The van der Waals surface area contributed by atoms with Crippen LogP contribution in [0.25, 0.3) is 0 Å². The zero-order chi connectivity index (χ0) is 15.6. The van der Waals surface area contributed by atoms with Gasteiger partial charge in [-0.1, -0.05) is 0 Å². The van der Waals surface area contributed by atoms with Gasteiger partial charge in [-0.25, -0.2) is 17.7 Å². The quantitative estimate of drug-likeness (QED) is 0.781. The van der Waals surface area contributed by atoms with E-state index in [0.717, 1.165) is 31.7 Å². The number of anilines is 1. The van der Waals surface area contributed by atoms with E-state index < -0.39 is 10.0 Å². The van der Waals surface area contributed by atoms with Gasteiger partial charge in [0.1, 0.15) is 5.82 Å². The smallest absolute Gasteiger partial charge is 0.211 e. The summed E-state index contributed by atoms with van der Waals surface area (Å²) in [6, 6.07) is 0. The minimum absolute atomic E-state index is 0.171. The lowest BCUT2D eigenvalue weighted by atomic mass is 9.81. The monoisotopic (exact) mass is 326 g/mol. The predicted molar refractivity (Wildman–Crippen MR) is 83.1 cm³/mol. The molecule has 3 rings (SSSR count). The van der Waals surface area contributed by atoms with E-state index in [-0.39, 0.29) is 5.41 Å². The van der Waals surface area contributed by atoms with Gasteiger partial charge in [-0.2, -0.15) is 0 Å². The van der Waals surface area contributed by atoms with Crippen molar-refractivity contribution >= 4 is 15.8 Å². The SMILES string of the molecule is CS(=O)(=O)N1CCC[C@]2(COCCN(c3cnccn3)C2)C1. The lowest BCUT2D eigenvalue weighted by molar-refractivity contribution is 0.0352. The van der Waals surface area contributed by atoms with Crippen molar-refractivity contribution in [2.45, 2.75) is 12.8 Å². The fourth-order valence-electron chi connectivity index (χ4n) is 3.34. The first kappa shape index (κ1) is 15.6. The molecule has 0 unspecified atom stereocenters. The largest absolute Gasteiger partial charge is 0.379 e. The van der Waals surface area contributed by atoms with Gasteiger partial charge in [-0.15, -0.1) is 0 Å². The van der Waals surface area contributed by atoms with Crippen LogP contribution in [0.2, 0.25) is 0 Å². The Bertz CT molecular complexity index is 610. The molecule has 1 aromatic rings. The normalized spacial score (nSPS) is 27.8. The second kappa shape index (κ2) is 6.10. The number of sulfonamides is 1. The third kappa shape index (κ3) is 3.39. The van der Waals surface area contributed by atoms with E-state index in [9.17, 15) is 8.42 Å². The van der Waals surface area contributed by atoms with Crippen molar-refractivity contribution in [1.29, 1.82) is 0 Å². The Morgan fingerprint density at radius 1 is 1.27 bits per heavy atom. The molecule has 0 amide bonds. The average Bonchev–Trinajstić information content (AvgIpc) is 2.70. The highest BCUT2D eigenvalue weighted by molar-refractivity contribution is 7.88. The molecule has 0 aromatic carbocycles. The summed E-state index contributed by atoms with van der Waals surface area (Å²) in [4.78, 5) is 10.7. The number of hydrogen-bond donors (Lipinski definition) is 0. The Labute approximate surface area is 131 Å². The molecule has 0 aliphatic carbocycles. The molecular weight excluding hydrogens is 304 g/mol. The molecule has 0 saturated carbocycles. The van der Waals surface area contributed by atoms with Crippen LogP contribution < -0.4 is 4.90 Å². The third-order valence-corrected chi connectivity index (χ3v) is 5.66. The zero-order valence-electron chi connectivity index (χ0n) is 12.8. The number of nitrogens with zero attached hydrogens (tertiary/aromatic N) is 4. The molecule has 2 aliphatic rings. The molecule has 2 aliphatic heterocycles. The fourth-order valence-corrected chi connectivity index (χ4v) is 4.30. The molecule has 0 radical (unpaired) electrons. The van der Waals surface area contributed by atoms with E-state index in [2.05, 4.69) is 14.9 Å². The van der Waals surface area contributed by atoms with Crippen molar-refractivity contribution in [3.05, 3.63) is 18.6 Å². The molecule has 22 heavy (non-hydrogen) atoms. The van der Waals surface area contributed by atoms with Crippen molar-refractivity contribution in [2.24, 2.45) is 5.41 Å². The highest BCUT2D eigenvalue weighted by Crippen LogP contribution is 2.34. The van der Waals surface area contributed by atoms with Crippen LogP contribution >= 0.6 is 0 Å². The summed E-state index contributed by atoms with van der Waals surface area (Å²) >= 11 is 0. The summed E-state index contributed by atoms with van der Waals surface area (Å²) < 4.78 is 31.2. The summed E-state index contributed by atoms with van der Waals surface area (Å²) in [6.45, 7) is 3.83. The molecule has 122 valence electrons. The summed E-state index contributed by atoms with van der Waals surface area (Å²) in [5, 5.41) is 0. The van der Waals surface area contributed by atoms with Gasteiger partial charge in [0.25, 0.3) is 0 Å². The van der Waals surface area contributed by atoms with Crippen molar-refractivity contribution < 1.29 is 13.2 Å². The summed E-state index contributed by atoms with van der Waals surface area (Å²) in [7, 11) is -3.16. The molecule has 0 N–H and O–H groups in total. The minimum Gasteiger partial charge on any atom is -0.379 e. The maximum Gasteiger partial charge on any atom is 0.211 e. The average molecular weight is 326 g/mol. The molecule has 2 fully saturated rings. The first-order chi connectivity index (χ1) is 10.5. The van der Waals surface area contributed by atoms with Crippen LogP contribution in [0.15, 0.2) is 18.6 Å². The lowest BCUT2D eigenvalue weighted by Gasteiger charge is -2.42. The van der Waals surface area contributed by atoms with Crippen LogP contribution in [0.1, 0.15) is 12.8 Å². The number of hydrogen-bond acceptors (Lipinski definition) is 6. The van der Waals surface area contributed by atoms with E-state index >= 15 is 0 Å². The van der Waals surface area contributed by atoms with Crippen molar-refractivity contribution in [3.63, 3.8) is 0 Å². The molecular formula is C14H22N4O3S. The molecule has 1 atom stereocenters. The zero-order valence-corrected chi connectivity index (χ0v) is 13.6. The summed E-state index contributed by atoms with van der Waals surface area (Å²) in [5.74, 6) is 0.823. The lowest BCUT2D eigenvalue weighted by Crippen LogP contribution is -2.52. The van der Waals surface area contributed by atoms with Crippen LogP contribution in [-0.2, 0) is 14.8 Å². The van der Waals surface area contributed by atoms with Crippen molar-refractivity contribution in [3.8, 4) is 0 Å². The molecule has 0 bridgehead atoms. The van der Waals surface area contributed by atoms with Crippen LogP contribution in [0.5, 0.6) is 0 Å². The Kier molecular flexibility index (Phi) is 4.33. The topological polar surface area (TPSA) is 75.6 Å². The highest BCUT2D eigenvalue weighted by Gasteiger charge is 2.41. The third-order valence-electron chi connectivity index (χ3n) is 4.41. The van der Waals surface area contributed by atoms with Gasteiger partial charge in [0, 0.05) is 44.0 Å². The van der Waals surface area contributed by atoms with E-state index in [1.807, 2.05) is 0 Å². The standard InChI is InChI=1S/C14H22N4O3S/c1-22(19,20)18-6-2-3-14(11-18)10-17(7-8-21-12-14)13-9-15-4-5-16-13/h4-5,9H,2-3,6-8,10-12H2,1H3/t14-/m1/s1. The minimum atomic E-state index is -3.16. The van der Waals surface area contributed by atoms with Gasteiger partial charge in [0.05, 0.1) is 25.7 Å². The first-order valence-corrected chi connectivity index (χ1v) is 9.37. The fraction of sp³-hybridized carbons (Fsp3) is 0.714. The second-order valence-corrected chi connectivity index (χ2v) is 8.22. The Morgan fingerprint density at radius 3 is 2.86 bits per heavy atom. The highest BCUT2D eigenvalue weighted by atomic mass is 32.2. The molecule has 1 spiro atoms. The van der Waals surface area contributed by atoms with Crippen LogP contribution in [0, 0.1) is 5.41 Å². The summed E-state index contributed by atoms with van der Waals surface area (Å²) in [6.07, 6.45) is 8.19. The number of ether oxygens (including phenoxy) is 1. The maximum atomic E-state index is 11.9. The van der Waals surface area contributed by atoms with E-state index in [1.54, 1.807) is 22.9 Å². The molecule has 1 aromatic heterocycles.